The van der Waals surface area contributed by atoms with Gasteiger partial charge in [-0.1, -0.05) is 32.8 Å². The maximum Gasteiger partial charge on any atom is 0.422 e. The number of nitrogens with two attached hydrogens (primary N) is 1. The van der Waals surface area contributed by atoms with Gasteiger partial charge in [0, 0.05) is 17.8 Å². The molecule has 0 radical (unpaired) electrons. The Bertz CT molecular complexity index is 553. The van der Waals surface area contributed by atoms with Gasteiger partial charge in [-0.05, 0) is 25.3 Å². The van der Waals surface area contributed by atoms with Crippen LogP contribution in [0.3, 0.4) is 0 Å². The lowest BCUT2D eigenvalue weighted by Gasteiger charge is -2.15. The second-order valence-electron chi connectivity index (χ2n) is 6.44. The van der Waals surface area contributed by atoms with Gasteiger partial charge in [0.05, 0.1) is 6.54 Å². The van der Waals surface area contributed by atoms with Crippen molar-refractivity contribution in [1.82, 2.24) is 10.3 Å². The summed E-state index contributed by atoms with van der Waals surface area (Å²) >= 11 is 0. The van der Waals surface area contributed by atoms with E-state index in [1.807, 2.05) is 6.92 Å². The van der Waals surface area contributed by atoms with E-state index >= 15 is 0 Å². The minimum Gasteiger partial charge on any atom is -0.468 e. The number of hydrogen-bond donors (Lipinski definition) is 2. The van der Waals surface area contributed by atoms with E-state index < -0.39 is 12.8 Å². The smallest absolute Gasteiger partial charge is 0.422 e. The lowest BCUT2D eigenvalue weighted by Crippen LogP contribution is -2.38. The van der Waals surface area contributed by atoms with E-state index in [0.717, 1.165) is 19.3 Å². The molecule has 0 aliphatic rings. The number of nitrogens with one attached hydrogen (secondary N) is 1. The van der Waals surface area contributed by atoms with Gasteiger partial charge in [0.1, 0.15) is 0 Å². The van der Waals surface area contributed by atoms with Crippen LogP contribution in [0.2, 0.25) is 0 Å². The maximum absolute atomic E-state index is 12.3. The van der Waals surface area contributed by atoms with Gasteiger partial charge in [0.25, 0.3) is 0 Å². The van der Waals surface area contributed by atoms with Crippen molar-refractivity contribution in [1.29, 1.82) is 0 Å². The van der Waals surface area contributed by atoms with Crippen molar-refractivity contribution in [2.45, 2.75) is 58.8 Å². The predicted molar refractivity (Wildman–Crippen MR) is 108 cm³/mol. The van der Waals surface area contributed by atoms with E-state index in [0.29, 0.717) is 11.5 Å². The minimum atomic E-state index is -4.41. The fraction of sp³-hybridized carbons (Fsp3) is 0.647. The molecule has 0 aliphatic heterocycles. The molecule has 0 spiro atoms. The van der Waals surface area contributed by atoms with Gasteiger partial charge in [0.15, 0.2) is 12.6 Å². The number of halogens is 4. The molecular formula is C17H28F3IN4O. The zero-order chi connectivity index (χ0) is 18.9. The summed E-state index contributed by atoms with van der Waals surface area (Å²) in [5.41, 5.74) is 6.29. The third-order valence-electron chi connectivity index (χ3n) is 3.46. The molecule has 0 amide bonds. The summed E-state index contributed by atoms with van der Waals surface area (Å²) in [4.78, 5) is 7.99. The number of hydrogen-bond acceptors (Lipinski definition) is 3. The Hall–Kier alpha value is -1.26. The molecule has 0 saturated carbocycles. The first-order chi connectivity index (χ1) is 11.7. The van der Waals surface area contributed by atoms with Crippen LogP contribution in [0.5, 0.6) is 5.88 Å². The lowest BCUT2D eigenvalue weighted by atomic mass is 10.0. The second kappa shape index (κ2) is 12.2. The van der Waals surface area contributed by atoms with Crippen LogP contribution >= 0.6 is 24.0 Å². The molecule has 1 rings (SSSR count). The molecule has 0 aliphatic carbocycles. The van der Waals surface area contributed by atoms with Gasteiger partial charge in [0.2, 0.25) is 5.88 Å². The van der Waals surface area contributed by atoms with Crippen molar-refractivity contribution >= 4 is 29.9 Å². The summed E-state index contributed by atoms with van der Waals surface area (Å²) in [6.45, 7) is 5.09. The molecule has 0 fully saturated rings. The zero-order valence-corrected chi connectivity index (χ0v) is 17.7. The zero-order valence-electron chi connectivity index (χ0n) is 15.3. The van der Waals surface area contributed by atoms with Crippen molar-refractivity contribution in [3.8, 4) is 5.88 Å². The van der Waals surface area contributed by atoms with Crippen LogP contribution in [-0.2, 0) is 6.54 Å². The van der Waals surface area contributed by atoms with Crippen molar-refractivity contribution < 1.29 is 17.9 Å². The van der Waals surface area contributed by atoms with Gasteiger partial charge in [-0.2, -0.15) is 13.2 Å². The molecule has 1 aromatic rings. The van der Waals surface area contributed by atoms with Gasteiger partial charge in [-0.15, -0.1) is 24.0 Å². The molecule has 0 aromatic carbocycles. The molecule has 3 N–H and O–H groups in total. The van der Waals surface area contributed by atoms with Gasteiger partial charge in [-0.25, -0.2) is 9.98 Å². The third kappa shape index (κ3) is 11.4. The number of alkyl halides is 3. The standard InChI is InChI=1S/C17H27F3N4O.HI/c1-12(2)6-4-7-13(3)24-16(21)23-10-14-8-5-9-22-15(14)25-11-17(18,19)20;/h5,8-9,12-13H,4,6-7,10-11H2,1-3H3,(H3,21,23,24);1H. The highest BCUT2D eigenvalue weighted by atomic mass is 127. The maximum atomic E-state index is 12.3. The SMILES string of the molecule is CC(C)CCCC(C)NC(N)=NCc1cccnc1OCC(F)(F)F.I. The molecule has 0 bridgehead atoms. The summed E-state index contributed by atoms with van der Waals surface area (Å²) < 4.78 is 41.5. The molecule has 150 valence electrons. The summed E-state index contributed by atoms with van der Waals surface area (Å²) in [5, 5.41) is 3.09. The molecule has 0 saturated heterocycles. The lowest BCUT2D eigenvalue weighted by molar-refractivity contribution is -0.154. The summed E-state index contributed by atoms with van der Waals surface area (Å²) in [6.07, 6.45) is 0.179. The first-order valence-electron chi connectivity index (χ1n) is 8.37. The molecule has 1 heterocycles. The van der Waals surface area contributed by atoms with E-state index in [1.165, 1.54) is 6.20 Å². The molecular weight excluding hydrogens is 460 g/mol. The normalized spacial score (nSPS) is 13.3. The molecule has 1 atom stereocenters. The van der Waals surface area contributed by atoms with Gasteiger partial charge >= 0.3 is 6.18 Å². The summed E-state index contributed by atoms with van der Waals surface area (Å²) in [6, 6.07) is 3.41. The van der Waals surface area contributed by atoms with Crippen LogP contribution in [0.25, 0.3) is 0 Å². The summed E-state index contributed by atoms with van der Waals surface area (Å²) in [7, 11) is 0. The number of ether oxygens (including phenoxy) is 1. The fourth-order valence-corrected chi connectivity index (χ4v) is 2.20. The third-order valence-corrected chi connectivity index (χ3v) is 3.46. The second-order valence-corrected chi connectivity index (χ2v) is 6.44. The van der Waals surface area contributed by atoms with E-state index in [-0.39, 0.29) is 48.4 Å². The van der Waals surface area contributed by atoms with E-state index in [1.54, 1.807) is 12.1 Å². The number of guanidine groups is 1. The monoisotopic (exact) mass is 488 g/mol. The van der Waals surface area contributed by atoms with Crippen LogP contribution in [0, 0.1) is 5.92 Å². The Morgan fingerprint density at radius 1 is 1.31 bits per heavy atom. The first kappa shape index (κ1) is 24.7. The minimum absolute atomic E-state index is 0. The average Bonchev–Trinajstić information content (AvgIpc) is 2.50. The Kier molecular flexibility index (Phi) is 11.6. The van der Waals surface area contributed by atoms with Crippen molar-refractivity contribution in [2.75, 3.05) is 6.61 Å². The van der Waals surface area contributed by atoms with Crippen LogP contribution in [0.4, 0.5) is 13.2 Å². The fourth-order valence-electron chi connectivity index (χ4n) is 2.20. The van der Waals surface area contributed by atoms with Crippen molar-refractivity contribution in [3.05, 3.63) is 23.9 Å². The predicted octanol–water partition coefficient (Wildman–Crippen LogP) is 4.26. The Labute approximate surface area is 170 Å². The van der Waals surface area contributed by atoms with Gasteiger partial charge < -0.3 is 15.8 Å². The Balaban J connectivity index is 0.00000625. The van der Waals surface area contributed by atoms with Gasteiger partial charge in [-0.3, -0.25) is 0 Å². The Morgan fingerprint density at radius 3 is 2.62 bits per heavy atom. The number of aliphatic imine (C=N–C) groups is 1. The number of nitrogens with zero attached hydrogens (tertiary/aromatic N) is 2. The highest BCUT2D eigenvalue weighted by molar-refractivity contribution is 14.0. The molecule has 26 heavy (non-hydrogen) atoms. The molecule has 1 unspecified atom stereocenters. The largest absolute Gasteiger partial charge is 0.468 e. The first-order valence-corrected chi connectivity index (χ1v) is 8.37. The quantitative estimate of drug-likeness (QED) is 0.310. The Morgan fingerprint density at radius 2 is 2.00 bits per heavy atom. The van der Waals surface area contributed by atoms with Crippen LogP contribution < -0.4 is 15.8 Å². The molecule has 1 aromatic heterocycles. The number of aromatic nitrogens is 1. The van der Waals surface area contributed by atoms with Crippen molar-refractivity contribution in [3.63, 3.8) is 0 Å². The highest BCUT2D eigenvalue weighted by Crippen LogP contribution is 2.20. The van der Waals surface area contributed by atoms with E-state index in [4.69, 9.17) is 10.5 Å². The van der Waals surface area contributed by atoms with Crippen LogP contribution in [-0.4, -0.2) is 29.8 Å². The van der Waals surface area contributed by atoms with E-state index in [9.17, 15) is 13.2 Å². The molecule has 9 heteroatoms. The van der Waals surface area contributed by atoms with Crippen molar-refractivity contribution in [2.24, 2.45) is 16.6 Å². The van der Waals surface area contributed by atoms with Crippen LogP contribution in [0.1, 0.15) is 45.6 Å². The highest BCUT2D eigenvalue weighted by Gasteiger charge is 2.29. The average molecular weight is 488 g/mol. The van der Waals surface area contributed by atoms with E-state index in [2.05, 4.69) is 29.1 Å². The number of rotatable bonds is 9. The number of pyridine rings is 1. The van der Waals surface area contributed by atoms with Crippen LogP contribution in [0.15, 0.2) is 23.3 Å². The topological polar surface area (TPSA) is 72.5 Å². The molecule has 5 nitrogen and oxygen atoms in total. The summed E-state index contributed by atoms with van der Waals surface area (Å²) in [5.74, 6) is 0.836.